The molecule has 0 radical (unpaired) electrons. The maximum atomic E-state index is 11.5. The first kappa shape index (κ1) is 12.7. The van der Waals surface area contributed by atoms with Crippen LogP contribution in [0.3, 0.4) is 0 Å². The maximum absolute atomic E-state index is 11.5. The van der Waals surface area contributed by atoms with Gasteiger partial charge in [0.1, 0.15) is 6.61 Å². The van der Waals surface area contributed by atoms with Gasteiger partial charge in [-0.25, -0.2) is 0 Å². The Labute approximate surface area is 113 Å². The standard InChI is InChI=1S/C13H13BrN2O2/c14-10-4-3-5-11(15)13(10)18-9-8-16-7-2-1-6-12(16)17/h1-7H,8-9,15H2. The van der Waals surface area contributed by atoms with Gasteiger partial charge in [0.15, 0.2) is 5.75 Å². The van der Waals surface area contributed by atoms with Crippen LogP contribution in [-0.4, -0.2) is 11.2 Å². The van der Waals surface area contributed by atoms with Crippen LogP contribution in [0.25, 0.3) is 0 Å². The van der Waals surface area contributed by atoms with E-state index in [0.717, 1.165) is 4.47 Å². The summed E-state index contributed by atoms with van der Waals surface area (Å²) >= 11 is 3.37. The zero-order chi connectivity index (χ0) is 13.0. The molecule has 0 unspecified atom stereocenters. The Hall–Kier alpha value is -1.75. The lowest BCUT2D eigenvalue weighted by molar-refractivity contribution is 0.296. The molecule has 2 N–H and O–H groups in total. The van der Waals surface area contributed by atoms with Crippen molar-refractivity contribution in [3.63, 3.8) is 0 Å². The Morgan fingerprint density at radius 1 is 1.22 bits per heavy atom. The smallest absolute Gasteiger partial charge is 0.250 e. The van der Waals surface area contributed by atoms with Crippen molar-refractivity contribution in [2.75, 3.05) is 12.3 Å². The van der Waals surface area contributed by atoms with E-state index >= 15 is 0 Å². The molecular weight excluding hydrogens is 296 g/mol. The molecule has 94 valence electrons. The third-order valence-electron chi connectivity index (χ3n) is 2.48. The molecule has 0 aliphatic rings. The number of halogens is 1. The number of hydrogen-bond donors (Lipinski definition) is 1. The predicted octanol–water partition coefficient (Wildman–Crippen LogP) is 2.27. The molecule has 0 atom stereocenters. The van der Waals surface area contributed by atoms with Crippen molar-refractivity contribution in [1.29, 1.82) is 0 Å². The molecule has 0 saturated carbocycles. The summed E-state index contributed by atoms with van der Waals surface area (Å²) in [5.41, 5.74) is 6.34. The Morgan fingerprint density at radius 3 is 2.78 bits per heavy atom. The molecule has 1 aromatic heterocycles. The van der Waals surface area contributed by atoms with E-state index in [4.69, 9.17) is 10.5 Å². The molecule has 4 nitrogen and oxygen atoms in total. The first-order chi connectivity index (χ1) is 8.68. The van der Waals surface area contributed by atoms with E-state index in [2.05, 4.69) is 15.9 Å². The number of pyridine rings is 1. The number of para-hydroxylation sites is 1. The second-order valence-corrected chi connectivity index (χ2v) is 4.59. The van der Waals surface area contributed by atoms with Crippen molar-refractivity contribution >= 4 is 21.6 Å². The molecule has 18 heavy (non-hydrogen) atoms. The number of nitrogen functional groups attached to an aromatic ring is 1. The minimum Gasteiger partial charge on any atom is -0.488 e. The summed E-state index contributed by atoms with van der Waals surface area (Å²) in [6.07, 6.45) is 1.73. The fourth-order valence-corrected chi connectivity index (χ4v) is 2.07. The van der Waals surface area contributed by atoms with Gasteiger partial charge in [-0.1, -0.05) is 12.1 Å². The van der Waals surface area contributed by atoms with E-state index in [1.165, 1.54) is 6.07 Å². The van der Waals surface area contributed by atoms with Gasteiger partial charge in [0.25, 0.3) is 5.56 Å². The highest BCUT2D eigenvalue weighted by atomic mass is 79.9. The number of nitrogens with zero attached hydrogens (tertiary/aromatic N) is 1. The number of ether oxygens (including phenoxy) is 1. The van der Waals surface area contributed by atoms with E-state index in [1.54, 1.807) is 22.9 Å². The minimum absolute atomic E-state index is 0.0406. The van der Waals surface area contributed by atoms with Gasteiger partial charge in [0.05, 0.1) is 16.7 Å². The van der Waals surface area contributed by atoms with Crippen LogP contribution in [0.5, 0.6) is 5.75 Å². The first-order valence-corrected chi connectivity index (χ1v) is 6.30. The van der Waals surface area contributed by atoms with Gasteiger partial charge in [-0.3, -0.25) is 4.79 Å². The highest BCUT2D eigenvalue weighted by Crippen LogP contribution is 2.30. The van der Waals surface area contributed by atoms with Crippen molar-refractivity contribution in [2.24, 2.45) is 0 Å². The summed E-state index contributed by atoms with van der Waals surface area (Å²) in [5.74, 6) is 0.612. The highest BCUT2D eigenvalue weighted by Gasteiger charge is 2.05. The Kier molecular flexibility index (Phi) is 4.04. The molecule has 5 heteroatoms. The monoisotopic (exact) mass is 308 g/mol. The molecule has 0 fully saturated rings. The molecule has 1 aromatic carbocycles. The van der Waals surface area contributed by atoms with Gasteiger partial charge in [-0.15, -0.1) is 0 Å². The zero-order valence-electron chi connectivity index (χ0n) is 9.67. The van der Waals surface area contributed by atoms with Crippen molar-refractivity contribution in [1.82, 2.24) is 4.57 Å². The third kappa shape index (κ3) is 2.92. The van der Waals surface area contributed by atoms with Crippen molar-refractivity contribution < 1.29 is 4.74 Å². The maximum Gasteiger partial charge on any atom is 0.250 e. The molecule has 2 rings (SSSR count). The molecule has 1 heterocycles. The van der Waals surface area contributed by atoms with E-state index in [-0.39, 0.29) is 5.56 Å². The Balaban J connectivity index is 2.01. The lowest BCUT2D eigenvalue weighted by Crippen LogP contribution is -2.21. The number of hydrogen-bond acceptors (Lipinski definition) is 3. The fraction of sp³-hybridized carbons (Fsp3) is 0.154. The minimum atomic E-state index is -0.0406. The normalized spacial score (nSPS) is 10.3. The second kappa shape index (κ2) is 5.73. The SMILES string of the molecule is Nc1cccc(Br)c1OCCn1ccccc1=O. The molecule has 0 aliphatic heterocycles. The molecule has 0 amide bonds. The van der Waals surface area contributed by atoms with Crippen LogP contribution in [0.4, 0.5) is 5.69 Å². The van der Waals surface area contributed by atoms with Crippen LogP contribution < -0.4 is 16.0 Å². The number of nitrogens with two attached hydrogens (primary N) is 1. The van der Waals surface area contributed by atoms with Crippen LogP contribution in [0.2, 0.25) is 0 Å². The van der Waals surface area contributed by atoms with Crippen LogP contribution in [0.15, 0.2) is 51.9 Å². The van der Waals surface area contributed by atoms with E-state index in [0.29, 0.717) is 24.6 Å². The van der Waals surface area contributed by atoms with Gasteiger partial charge >= 0.3 is 0 Å². The summed E-state index contributed by atoms with van der Waals surface area (Å²) in [6, 6.07) is 10.5. The summed E-state index contributed by atoms with van der Waals surface area (Å²) in [5, 5.41) is 0. The summed E-state index contributed by atoms with van der Waals surface area (Å²) < 4.78 is 7.99. The third-order valence-corrected chi connectivity index (χ3v) is 3.10. The van der Waals surface area contributed by atoms with Crippen LogP contribution in [0, 0.1) is 0 Å². The fourth-order valence-electron chi connectivity index (χ4n) is 1.57. The lowest BCUT2D eigenvalue weighted by atomic mass is 10.3. The number of benzene rings is 1. The molecule has 0 saturated heterocycles. The highest BCUT2D eigenvalue weighted by molar-refractivity contribution is 9.10. The molecule has 2 aromatic rings. The molecule has 0 aliphatic carbocycles. The topological polar surface area (TPSA) is 57.2 Å². The summed E-state index contributed by atoms with van der Waals surface area (Å²) in [4.78, 5) is 11.5. The van der Waals surface area contributed by atoms with Gasteiger partial charge in [-0.2, -0.15) is 0 Å². The van der Waals surface area contributed by atoms with Gasteiger partial charge in [0, 0.05) is 12.3 Å². The zero-order valence-corrected chi connectivity index (χ0v) is 11.3. The molecular formula is C13H13BrN2O2. The Morgan fingerprint density at radius 2 is 2.06 bits per heavy atom. The number of anilines is 1. The van der Waals surface area contributed by atoms with Crippen molar-refractivity contribution in [3.8, 4) is 5.75 Å². The first-order valence-electron chi connectivity index (χ1n) is 5.51. The summed E-state index contributed by atoms with van der Waals surface area (Å²) in [6.45, 7) is 0.872. The largest absolute Gasteiger partial charge is 0.488 e. The molecule has 0 spiro atoms. The average Bonchev–Trinajstić information content (AvgIpc) is 2.35. The van der Waals surface area contributed by atoms with Gasteiger partial charge in [-0.05, 0) is 34.1 Å². The predicted molar refractivity (Wildman–Crippen MR) is 74.8 cm³/mol. The average molecular weight is 309 g/mol. The Bertz CT molecular complexity index is 575. The lowest BCUT2D eigenvalue weighted by Gasteiger charge is -2.11. The number of rotatable bonds is 4. The summed E-state index contributed by atoms with van der Waals surface area (Å²) in [7, 11) is 0. The van der Waals surface area contributed by atoms with Crippen molar-refractivity contribution in [3.05, 3.63) is 57.4 Å². The number of aromatic nitrogens is 1. The van der Waals surface area contributed by atoms with E-state index in [9.17, 15) is 4.79 Å². The van der Waals surface area contributed by atoms with Gasteiger partial charge < -0.3 is 15.0 Å². The van der Waals surface area contributed by atoms with Crippen LogP contribution in [0.1, 0.15) is 0 Å². The van der Waals surface area contributed by atoms with Gasteiger partial charge in [0.2, 0.25) is 0 Å². The van der Waals surface area contributed by atoms with E-state index in [1.807, 2.05) is 18.2 Å². The van der Waals surface area contributed by atoms with Crippen LogP contribution >= 0.6 is 15.9 Å². The van der Waals surface area contributed by atoms with Crippen molar-refractivity contribution in [2.45, 2.75) is 6.54 Å². The molecule has 0 bridgehead atoms. The van der Waals surface area contributed by atoms with Crippen LogP contribution in [-0.2, 0) is 6.54 Å². The van der Waals surface area contributed by atoms with E-state index < -0.39 is 0 Å². The second-order valence-electron chi connectivity index (χ2n) is 3.74. The quantitative estimate of drug-likeness (QED) is 0.882.